The van der Waals surface area contributed by atoms with Crippen molar-refractivity contribution in [3.63, 3.8) is 0 Å². The zero-order valence-electron chi connectivity index (χ0n) is 8.61. The second-order valence-corrected chi connectivity index (χ2v) is 3.99. The molecule has 0 aliphatic carbocycles. The summed E-state index contributed by atoms with van der Waals surface area (Å²) < 4.78 is 0.603. The smallest absolute Gasteiger partial charge is 0.310 e. The van der Waals surface area contributed by atoms with E-state index in [1.165, 1.54) is 6.20 Å². The maximum absolute atomic E-state index is 10.8. The third kappa shape index (κ3) is 2.89. The van der Waals surface area contributed by atoms with Crippen LogP contribution in [-0.4, -0.2) is 23.5 Å². The van der Waals surface area contributed by atoms with Crippen molar-refractivity contribution < 1.29 is 4.92 Å². The van der Waals surface area contributed by atoms with Gasteiger partial charge in [0.1, 0.15) is 16.5 Å². The average Bonchev–Trinajstić information content (AvgIpc) is 2.17. The molecule has 0 spiro atoms. The van der Waals surface area contributed by atoms with Crippen LogP contribution in [0.3, 0.4) is 0 Å². The van der Waals surface area contributed by atoms with Crippen LogP contribution in [0.5, 0.6) is 0 Å². The minimum atomic E-state index is -0.416. The van der Waals surface area contributed by atoms with Gasteiger partial charge in [0.2, 0.25) is 0 Å². The molecular weight excluding hydrogens is 262 g/mol. The number of hydrogen-bond acceptors (Lipinski definition) is 4. The predicted octanol–water partition coefficient (Wildman–Crippen LogP) is 2.60. The van der Waals surface area contributed by atoms with Crippen LogP contribution in [0.25, 0.3) is 0 Å². The number of rotatable bonds is 4. The maximum Gasteiger partial charge on any atom is 0.310 e. The fourth-order valence-electron chi connectivity index (χ4n) is 1.32. The van der Waals surface area contributed by atoms with Gasteiger partial charge in [0, 0.05) is 19.7 Å². The Morgan fingerprint density at radius 2 is 2.33 bits per heavy atom. The summed E-state index contributed by atoms with van der Waals surface area (Å²) in [5.41, 5.74) is 0.623. The number of nitro groups is 1. The van der Waals surface area contributed by atoms with E-state index in [1.54, 1.807) is 6.07 Å². The molecule has 1 aromatic heterocycles. The molecule has 0 aliphatic heterocycles. The van der Waals surface area contributed by atoms with Gasteiger partial charge >= 0.3 is 5.69 Å². The molecule has 0 fully saturated rings. The molecule has 82 valence electrons. The Balaban J connectivity index is 3.12. The van der Waals surface area contributed by atoms with Crippen molar-refractivity contribution in [3.05, 3.63) is 27.0 Å². The number of anilines is 1. The first-order valence-electron chi connectivity index (χ1n) is 4.57. The van der Waals surface area contributed by atoms with Gasteiger partial charge in [-0.1, -0.05) is 6.92 Å². The summed E-state index contributed by atoms with van der Waals surface area (Å²) in [4.78, 5) is 16.1. The predicted molar refractivity (Wildman–Crippen MR) is 62.2 cm³/mol. The van der Waals surface area contributed by atoms with Crippen molar-refractivity contribution in [1.82, 2.24) is 4.98 Å². The molecule has 0 saturated carbocycles. The average molecular weight is 274 g/mol. The van der Waals surface area contributed by atoms with Crippen molar-refractivity contribution in [3.8, 4) is 0 Å². The van der Waals surface area contributed by atoms with Crippen LogP contribution in [0.4, 0.5) is 11.4 Å². The Morgan fingerprint density at radius 3 is 2.87 bits per heavy atom. The lowest BCUT2D eigenvalue weighted by molar-refractivity contribution is -0.384. The number of aromatic nitrogens is 1. The van der Waals surface area contributed by atoms with Gasteiger partial charge in [-0.25, -0.2) is 4.98 Å². The summed E-state index contributed by atoms with van der Waals surface area (Å²) >= 11 is 3.20. The second-order valence-electron chi connectivity index (χ2n) is 3.17. The lowest BCUT2D eigenvalue weighted by Gasteiger charge is -2.17. The van der Waals surface area contributed by atoms with E-state index in [4.69, 9.17) is 0 Å². The molecule has 0 saturated heterocycles. The van der Waals surface area contributed by atoms with Crippen LogP contribution in [0.2, 0.25) is 0 Å². The highest BCUT2D eigenvalue weighted by atomic mass is 79.9. The van der Waals surface area contributed by atoms with E-state index < -0.39 is 4.92 Å². The summed E-state index contributed by atoms with van der Waals surface area (Å²) in [6.07, 6.45) is 2.21. The fraction of sp³-hybridized carbons (Fsp3) is 0.444. The summed E-state index contributed by atoms with van der Waals surface area (Å²) in [6, 6.07) is 1.66. The minimum Gasteiger partial charge on any atom is -0.369 e. The van der Waals surface area contributed by atoms with E-state index in [9.17, 15) is 10.1 Å². The Hall–Kier alpha value is -1.17. The van der Waals surface area contributed by atoms with E-state index in [2.05, 4.69) is 20.9 Å². The first kappa shape index (κ1) is 11.9. The standard InChI is InChI=1S/C9H12BrN3O2/c1-3-4-12(2)7-5-9(10)11-6-8(7)13(14)15/h5-6H,3-4H2,1-2H3. The van der Waals surface area contributed by atoms with E-state index in [0.29, 0.717) is 10.3 Å². The summed E-state index contributed by atoms with van der Waals surface area (Å²) in [6.45, 7) is 2.80. The quantitative estimate of drug-likeness (QED) is 0.481. The molecule has 0 amide bonds. The van der Waals surface area contributed by atoms with Crippen LogP contribution >= 0.6 is 15.9 Å². The SMILES string of the molecule is CCCN(C)c1cc(Br)ncc1[N+](=O)[O-]. The van der Waals surface area contributed by atoms with Gasteiger partial charge < -0.3 is 4.90 Å². The van der Waals surface area contributed by atoms with Crippen LogP contribution in [-0.2, 0) is 0 Å². The Labute approximate surface area is 96.4 Å². The zero-order chi connectivity index (χ0) is 11.4. The largest absolute Gasteiger partial charge is 0.369 e. The topological polar surface area (TPSA) is 59.3 Å². The normalized spacial score (nSPS) is 10.1. The molecule has 0 radical (unpaired) electrons. The van der Waals surface area contributed by atoms with Crippen LogP contribution < -0.4 is 4.90 Å². The molecule has 1 heterocycles. The molecule has 0 aliphatic rings. The molecule has 1 aromatic rings. The van der Waals surface area contributed by atoms with E-state index in [0.717, 1.165) is 13.0 Å². The van der Waals surface area contributed by atoms with Gasteiger partial charge in [0.05, 0.1) is 4.92 Å². The molecule has 0 aromatic carbocycles. The van der Waals surface area contributed by atoms with Gasteiger partial charge in [0.15, 0.2) is 0 Å². The first-order chi connectivity index (χ1) is 7.06. The Kier molecular flexibility index (Phi) is 4.02. The van der Waals surface area contributed by atoms with Gasteiger partial charge in [-0.15, -0.1) is 0 Å². The van der Waals surface area contributed by atoms with Gasteiger partial charge in [-0.3, -0.25) is 10.1 Å². The fourth-order valence-corrected chi connectivity index (χ4v) is 1.63. The monoisotopic (exact) mass is 273 g/mol. The van der Waals surface area contributed by atoms with Crippen molar-refractivity contribution in [2.24, 2.45) is 0 Å². The molecule has 0 atom stereocenters. The van der Waals surface area contributed by atoms with E-state index in [-0.39, 0.29) is 5.69 Å². The highest BCUT2D eigenvalue weighted by Crippen LogP contribution is 2.28. The lowest BCUT2D eigenvalue weighted by atomic mass is 10.3. The van der Waals surface area contributed by atoms with Crippen molar-refractivity contribution in [2.45, 2.75) is 13.3 Å². The van der Waals surface area contributed by atoms with Crippen molar-refractivity contribution in [2.75, 3.05) is 18.5 Å². The van der Waals surface area contributed by atoms with Crippen LogP contribution in [0, 0.1) is 10.1 Å². The first-order valence-corrected chi connectivity index (χ1v) is 5.36. The summed E-state index contributed by atoms with van der Waals surface area (Å²) in [7, 11) is 1.83. The van der Waals surface area contributed by atoms with E-state index in [1.807, 2.05) is 18.9 Å². The molecule has 15 heavy (non-hydrogen) atoms. The van der Waals surface area contributed by atoms with Crippen molar-refractivity contribution >= 4 is 27.3 Å². The van der Waals surface area contributed by atoms with Gasteiger partial charge in [0.25, 0.3) is 0 Å². The molecule has 5 nitrogen and oxygen atoms in total. The Morgan fingerprint density at radius 1 is 1.67 bits per heavy atom. The maximum atomic E-state index is 10.8. The number of nitrogens with zero attached hydrogens (tertiary/aromatic N) is 3. The summed E-state index contributed by atoms with van der Waals surface area (Å²) in [5.74, 6) is 0. The third-order valence-corrected chi connectivity index (χ3v) is 2.43. The third-order valence-electron chi connectivity index (χ3n) is 2.00. The van der Waals surface area contributed by atoms with E-state index >= 15 is 0 Å². The lowest BCUT2D eigenvalue weighted by Crippen LogP contribution is -2.19. The number of pyridine rings is 1. The molecular formula is C9H12BrN3O2. The number of hydrogen-bond donors (Lipinski definition) is 0. The van der Waals surface area contributed by atoms with Crippen LogP contribution in [0.15, 0.2) is 16.9 Å². The molecule has 0 bridgehead atoms. The highest BCUT2D eigenvalue weighted by molar-refractivity contribution is 9.10. The minimum absolute atomic E-state index is 0.0363. The van der Waals surface area contributed by atoms with Crippen molar-refractivity contribution in [1.29, 1.82) is 0 Å². The van der Waals surface area contributed by atoms with Gasteiger partial charge in [-0.05, 0) is 22.4 Å². The van der Waals surface area contributed by atoms with Crippen LogP contribution in [0.1, 0.15) is 13.3 Å². The highest BCUT2D eigenvalue weighted by Gasteiger charge is 2.17. The molecule has 6 heteroatoms. The summed E-state index contributed by atoms with van der Waals surface area (Å²) in [5, 5.41) is 10.8. The van der Waals surface area contributed by atoms with Gasteiger partial charge in [-0.2, -0.15) is 0 Å². The zero-order valence-corrected chi connectivity index (χ0v) is 10.2. The number of halogens is 1. The molecule has 0 unspecified atom stereocenters. The molecule has 0 N–H and O–H groups in total. The Bertz CT molecular complexity index is 370. The second kappa shape index (κ2) is 5.06. The molecule has 1 rings (SSSR count).